The average Bonchev–Trinajstić information content (AvgIpc) is 2.89. The van der Waals surface area contributed by atoms with Gasteiger partial charge in [-0.1, -0.05) is 30.3 Å². The number of rotatable bonds is 2. The molecule has 2 aromatic heterocycles. The van der Waals surface area contributed by atoms with E-state index in [1.165, 1.54) is 9.40 Å². The van der Waals surface area contributed by atoms with E-state index in [-0.39, 0.29) is 0 Å². The molecule has 16 heavy (non-hydrogen) atoms. The number of fused-ring (bicyclic) bond motifs is 1. The van der Waals surface area contributed by atoms with E-state index in [9.17, 15) is 0 Å². The smallest absolute Gasteiger partial charge is 0.0784 e. The van der Waals surface area contributed by atoms with Crippen LogP contribution < -0.4 is 0 Å². The second kappa shape index (κ2) is 3.85. The average molecular weight is 243 g/mol. The van der Waals surface area contributed by atoms with Gasteiger partial charge in [-0.15, -0.1) is 22.7 Å². The van der Waals surface area contributed by atoms with E-state index in [0.717, 1.165) is 10.4 Å². The van der Waals surface area contributed by atoms with Gasteiger partial charge in [-0.05, 0) is 17.5 Å². The minimum absolute atomic E-state index is 0.619. The zero-order valence-corrected chi connectivity index (χ0v) is 10.1. The molecule has 0 saturated heterocycles. The van der Waals surface area contributed by atoms with E-state index < -0.39 is 0 Å². The Hall–Kier alpha value is -1.45. The second-order valence-corrected chi connectivity index (χ2v) is 5.53. The van der Waals surface area contributed by atoms with Crippen LogP contribution in [0.15, 0.2) is 47.8 Å². The molecule has 0 aliphatic carbocycles. The molecular formula is C13H9NS2. The molecule has 0 radical (unpaired) electrons. The highest BCUT2D eigenvalue weighted by Gasteiger charge is 2.09. The van der Waals surface area contributed by atoms with Crippen LogP contribution in [0.4, 0.5) is 0 Å². The Morgan fingerprint density at radius 2 is 1.81 bits per heavy atom. The molecule has 3 heteroatoms. The lowest BCUT2D eigenvalue weighted by Crippen LogP contribution is -1.97. The first-order chi connectivity index (χ1) is 7.84. The fraction of sp³-hybridized carbons (Fsp3) is 0. The molecule has 0 atom stereocenters. The fourth-order valence-electron chi connectivity index (χ4n) is 1.64. The minimum atomic E-state index is 0.619. The molecule has 1 aromatic carbocycles. The van der Waals surface area contributed by atoms with E-state index in [0.29, 0.717) is 5.71 Å². The van der Waals surface area contributed by atoms with E-state index in [2.05, 4.69) is 17.5 Å². The standard InChI is InChI=1S/C13H9NS2/c14-13(9-4-2-1-3-5-9)12-8-11-10(16-12)6-7-15-11/h1-8,14H. The van der Waals surface area contributed by atoms with Gasteiger partial charge < -0.3 is 0 Å². The highest BCUT2D eigenvalue weighted by Crippen LogP contribution is 2.31. The van der Waals surface area contributed by atoms with Gasteiger partial charge in [-0.3, -0.25) is 5.41 Å². The number of hydrogen-bond donors (Lipinski definition) is 1. The van der Waals surface area contributed by atoms with Crippen LogP contribution in [-0.2, 0) is 0 Å². The topological polar surface area (TPSA) is 23.9 Å². The molecule has 0 fully saturated rings. The third kappa shape index (κ3) is 1.58. The SMILES string of the molecule is N=C(c1ccccc1)c1cc2sccc2s1. The molecule has 2 heterocycles. The fourth-order valence-corrected chi connectivity index (χ4v) is 3.72. The molecule has 0 saturated carbocycles. The van der Waals surface area contributed by atoms with Crippen LogP contribution >= 0.6 is 22.7 Å². The van der Waals surface area contributed by atoms with Crippen molar-refractivity contribution < 1.29 is 0 Å². The summed E-state index contributed by atoms with van der Waals surface area (Å²) in [5.41, 5.74) is 1.60. The third-order valence-electron chi connectivity index (χ3n) is 2.45. The lowest BCUT2D eigenvalue weighted by molar-refractivity contribution is 1.49. The van der Waals surface area contributed by atoms with Gasteiger partial charge in [0.1, 0.15) is 0 Å². The summed E-state index contributed by atoms with van der Waals surface area (Å²) in [4.78, 5) is 1.05. The number of nitrogens with one attached hydrogen (secondary N) is 1. The summed E-state index contributed by atoms with van der Waals surface area (Å²) in [5.74, 6) is 0. The Morgan fingerprint density at radius 3 is 2.56 bits per heavy atom. The van der Waals surface area contributed by atoms with Gasteiger partial charge >= 0.3 is 0 Å². The summed E-state index contributed by atoms with van der Waals surface area (Å²) in [6, 6.07) is 14.1. The van der Waals surface area contributed by atoms with Crippen molar-refractivity contribution in [3.63, 3.8) is 0 Å². The van der Waals surface area contributed by atoms with Gasteiger partial charge in [0.2, 0.25) is 0 Å². The predicted octanol–water partition coefficient (Wildman–Crippen LogP) is 4.38. The quantitative estimate of drug-likeness (QED) is 0.646. The van der Waals surface area contributed by atoms with Crippen molar-refractivity contribution in [2.75, 3.05) is 0 Å². The summed E-state index contributed by atoms with van der Waals surface area (Å²) < 4.78 is 2.56. The summed E-state index contributed by atoms with van der Waals surface area (Å²) >= 11 is 3.43. The lowest BCUT2D eigenvalue weighted by Gasteiger charge is -1.99. The molecule has 1 N–H and O–H groups in total. The molecule has 0 bridgehead atoms. The van der Waals surface area contributed by atoms with Crippen molar-refractivity contribution in [3.05, 3.63) is 58.3 Å². The molecular weight excluding hydrogens is 234 g/mol. The molecule has 3 rings (SSSR count). The van der Waals surface area contributed by atoms with E-state index in [4.69, 9.17) is 5.41 Å². The first kappa shape index (κ1) is 9.75. The first-order valence-electron chi connectivity index (χ1n) is 4.96. The molecule has 0 unspecified atom stereocenters. The maximum atomic E-state index is 8.16. The van der Waals surface area contributed by atoms with Gasteiger partial charge in [-0.2, -0.15) is 0 Å². The van der Waals surface area contributed by atoms with Gasteiger partial charge in [0.05, 0.1) is 10.6 Å². The summed E-state index contributed by atoms with van der Waals surface area (Å²) in [6.45, 7) is 0. The van der Waals surface area contributed by atoms with E-state index in [1.54, 1.807) is 22.7 Å². The highest BCUT2D eigenvalue weighted by atomic mass is 32.1. The third-order valence-corrected chi connectivity index (χ3v) is 4.56. The lowest BCUT2D eigenvalue weighted by atomic mass is 10.1. The monoisotopic (exact) mass is 243 g/mol. The van der Waals surface area contributed by atoms with Gasteiger partial charge in [-0.25, -0.2) is 0 Å². The molecule has 0 spiro atoms. The van der Waals surface area contributed by atoms with Crippen LogP contribution in [-0.4, -0.2) is 5.71 Å². The van der Waals surface area contributed by atoms with Crippen molar-refractivity contribution >= 4 is 37.8 Å². The molecule has 3 aromatic rings. The highest BCUT2D eigenvalue weighted by molar-refractivity contribution is 7.28. The molecule has 0 aliphatic heterocycles. The van der Waals surface area contributed by atoms with Crippen LogP contribution in [0.5, 0.6) is 0 Å². The van der Waals surface area contributed by atoms with Crippen LogP contribution in [0.1, 0.15) is 10.4 Å². The second-order valence-electron chi connectivity index (χ2n) is 3.50. The van der Waals surface area contributed by atoms with Crippen molar-refractivity contribution in [2.45, 2.75) is 0 Å². The Morgan fingerprint density at radius 1 is 1.00 bits per heavy atom. The van der Waals surface area contributed by atoms with Crippen LogP contribution in [0.2, 0.25) is 0 Å². The van der Waals surface area contributed by atoms with Crippen molar-refractivity contribution in [1.29, 1.82) is 5.41 Å². The zero-order chi connectivity index (χ0) is 11.0. The Kier molecular flexibility index (Phi) is 2.35. The van der Waals surface area contributed by atoms with Crippen molar-refractivity contribution in [2.24, 2.45) is 0 Å². The van der Waals surface area contributed by atoms with E-state index in [1.807, 2.05) is 30.3 Å². The molecule has 1 nitrogen and oxygen atoms in total. The zero-order valence-electron chi connectivity index (χ0n) is 8.44. The Balaban J connectivity index is 2.05. The van der Waals surface area contributed by atoms with Crippen LogP contribution in [0, 0.1) is 5.41 Å². The van der Waals surface area contributed by atoms with Gasteiger partial charge in [0, 0.05) is 15.0 Å². The van der Waals surface area contributed by atoms with E-state index >= 15 is 0 Å². The van der Waals surface area contributed by atoms with Gasteiger partial charge in [0.15, 0.2) is 0 Å². The molecule has 0 amide bonds. The maximum Gasteiger partial charge on any atom is 0.0784 e. The maximum absolute atomic E-state index is 8.16. The largest absolute Gasteiger partial charge is 0.299 e. The number of hydrogen-bond acceptors (Lipinski definition) is 3. The normalized spacial score (nSPS) is 10.8. The number of benzene rings is 1. The first-order valence-corrected chi connectivity index (χ1v) is 6.65. The molecule has 0 aliphatic rings. The summed E-state index contributed by atoms with van der Waals surface area (Å²) in [6.07, 6.45) is 0. The Bertz CT molecular complexity index is 606. The number of thiophene rings is 2. The predicted molar refractivity (Wildman–Crippen MR) is 72.1 cm³/mol. The Labute approximate surface area is 102 Å². The van der Waals surface area contributed by atoms with Crippen LogP contribution in [0.3, 0.4) is 0 Å². The summed E-state index contributed by atoms with van der Waals surface area (Å²) in [7, 11) is 0. The minimum Gasteiger partial charge on any atom is -0.299 e. The summed E-state index contributed by atoms with van der Waals surface area (Å²) in [5, 5.41) is 10.3. The van der Waals surface area contributed by atoms with Crippen molar-refractivity contribution in [3.8, 4) is 0 Å². The van der Waals surface area contributed by atoms with Crippen LogP contribution in [0.25, 0.3) is 9.40 Å². The molecule has 78 valence electrons. The van der Waals surface area contributed by atoms with Crippen molar-refractivity contribution in [1.82, 2.24) is 0 Å². The van der Waals surface area contributed by atoms with Gasteiger partial charge in [0.25, 0.3) is 0 Å².